The molecule has 0 aliphatic carbocycles. The van der Waals surface area contributed by atoms with Crippen LogP contribution in [0.4, 0.5) is 0 Å². The molecule has 0 N–H and O–H groups in total. The van der Waals surface area contributed by atoms with Crippen LogP contribution >= 0.6 is 0 Å². The van der Waals surface area contributed by atoms with Crippen LogP contribution in [0.2, 0.25) is 0 Å². The van der Waals surface area contributed by atoms with Gasteiger partial charge < -0.3 is 4.90 Å². The average molecular weight is 403 g/mol. The number of sulfonamides is 1. The zero-order valence-electron chi connectivity index (χ0n) is 16.5. The Morgan fingerprint density at radius 2 is 1.79 bits per heavy atom. The monoisotopic (exact) mass is 402 g/mol. The predicted octanol–water partition coefficient (Wildman–Crippen LogP) is 1.97. The first-order valence-corrected chi connectivity index (χ1v) is 10.8. The molecule has 1 aromatic heterocycles. The highest BCUT2D eigenvalue weighted by molar-refractivity contribution is 7.89. The van der Waals surface area contributed by atoms with Crippen LogP contribution in [-0.2, 0) is 21.9 Å². The van der Waals surface area contributed by atoms with E-state index in [4.69, 9.17) is 0 Å². The van der Waals surface area contributed by atoms with Crippen LogP contribution in [0.25, 0.3) is 6.08 Å². The summed E-state index contributed by atoms with van der Waals surface area (Å²) in [6, 6.07) is 9.62. The summed E-state index contributed by atoms with van der Waals surface area (Å²) < 4.78 is 29.3. The van der Waals surface area contributed by atoms with Crippen molar-refractivity contribution in [3.63, 3.8) is 0 Å². The highest BCUT2D eigenvalue weighted by Gasteiger charge is 2.32. The molecule has 0 unspecified atom stereocenters. The van der Waals surface area contributed by atoms with Crippen LogP contribution in [0.1, 0.15) is 23.4 Å². The number of carbonyl (C=O) groups excluding carboxylic acids is 1. The van der Waals surface area contributed by atoms with Gasteiger partial charge in [0, 0.05) is 39.3 Å². The molecular formula is C20H26N4O3S. The van der Waals surface area contributed by atoms with Gasteiger partial charge in [-0.25, -0.2) is 8.42 Å². The van der Waals surface area contributed by atoms with E-state index in [-0.39, 0.29) is 17.3 Å². The van der Waals surface area contributed by atoms with E-state index in [1.165, 1.54) is 4.31 Å². The number of benzene rings is 1. The van der Waals surface area contributed by atoms with E-state index in [1.54, 1.807) is 42.6 Å². The molecule has 0 radical (unpaired) electrons. The van der Waals surface area contributed by atoms with E-state index in [0.717, 1.165) is 5.56 Å². The third-order valence-electron chi connectivity index (χ3n) is 5.02. The lowest BCUT2D eigenvalue weighted by Crippen LogP contribution is -2.37. The lowest BCUT2D eigenvalue weighted by Gasteiger charge is -2.21. The number of aryl methyl sites for hydroxylation is 2. The summed E-state index contributed by atoms with van der Waals surface area (Å²) in [5.41, 5.74) is 2.08. The Hall–Kier alpha value is -2.45. The summed E-state index contributed by atoms with van der Waals surface area (Å²) in [4.78, 5) is 14.5. The Kier molecular flexibility index (Phi) is 6.00. The number of hydrogen-bond acceptors (Lipinski definition) is 4. The molecule has 3 rings (SSSR count). The molecule has 1 amide bonds. The van der Waals surface area contributed by atoms with Gasteiger partial charge in [-0.3, -0.25) is 9.48 Å². The fourth-order valence-electron chi connectivity index (χ4n) is 3.45. The highest BCUT2D eigenvalue weighted by Crippen LogP contribution is 2.24. The molecule has 28 heavy (non-hydrogen) atoms. The highest BCUT2D eigenvalue weighted by atomic mass is 32.2. The van der Waals surface area contributed by atoms with Gasteiger partial charge in [-0.2, -0.15) is 9.40 Å². The minimum atomic E-state index is -3.64. The Morgan fingerprint density at radius 3 is 2.43 bits per heavy atom. The molecule has 7 nitrogen and oxygen atoms in total. The van der Waals surface area contributed by atoms with Crippen molar-refractivity contribution >= 4 is 22.0 Å². The van der Waals surface area contributed by atoms with Crippen LogP contribution in [-0.4, -0.2) is 59.5 Å². The molecule has 0 bridgehead atoms. The van der Waals surface area contributed by atoms with Crippen LogP contribution < -0.4 is 0 Å². The van der Waals surface area contributed by atoms with Gasteiger partial charge >= 0.3 is 0 Å². The Balaban J connectivity index is 1.71. The molecule has 150 valence electrons. The molecule has 0 saturated carbocycles. The van der Waals surface area contributed by atoms with Gasteiger partial charge in [-0.05, 0) is 31.9 Å². The van der Waals surface area contributed by atoms with Gasteiger partial charge in [0.25, 0.3) is 0 Å². The van der Waals surface area contributed by atoms with Crippen LogP contribution in [0.3, 0.4) is 0 Å². The summed E-state index contributed by atoms with van der Waals surface area (Å²) in [7, 11) is -1.90. The lowest BCUT2D eigenvalue weighted by molar-refractivity contribution is -0.125. The maximum absolute atomic E-state index is 13.1. The summed E-state index contributed by atoms with van der Waals surface area (Å²) >= 11 is 0. The second-order valence-corrected chi connectivity index (χ2v) is 8.83. The Morgan fingerprint density at radius 1 is 1.07 bits per heavy atom. The largest absolute Gasteiger partial charge is 0.338 e. The first-order chi connectivity index (χ1) is 13.3. The normalized spacial score (nSPS) is 16.5. The number of hydrogen-bond donors (Lipinski definition) is 0. The van der Waals surface area contributed by atoms with Crippen LogP contribution in [0.15, 0.2) is 41.3 Å². The standard InChI is InChI=1S/C20H26N4O3S/c1-16-20(17(2)22(3)21-16)28(26,27)24-13-7-12-23(14-15-24)19(25)11-10-18-8-5-4-6-9-18/h4-6,8-11H,7,12-15H2,1-3H3/b11-10+. The van der Waals surface area contributed by atoms with E-state index < -0.39 is 10.0 Å². The molecule has 2 aromatic rings. The van der Waals surface area contributed by atoms with E-state index in [0.29, 0.717) is 37.4 Å². The fourth-order valence-corrected chi connectivity index (χ4v) is 5.32. The molecule has 1 saturated heterocycles. The molecule has 1 aliphatic rings. The minimum Gasteiger partial charge on any atom is -0.338 e. The van der Waals surface area contributed by atoms with Gasteiger partial charge in [0.05, 0.1) is 11.4 Å². The topological polar surface area (TPSA) is 75.5 Å². The molecule has 2 heterocycles. The van der Waals surface area contributed by atoms with E-state index in [9.17, 15) is 13.2 Å². The zero-order valence-corrected chi connectivity index (χ0v) is 17.3. The predicted molar refractivity (Wildman–Crippen MR) is 108 cm³/mol. The Bertz CT molecular complexity index is 980. The van der Waals surface area contributed by atoms with Crippen LogP contribution in [0, 0.1) is 13.8 Å². The molecule has 1 aromatic carbocycles. The fraction of sp³-hybridized carbons (Fsp3) is 0.400. The van der Waals surface area contributed by atoms with Crippen molar-refractivity contribution in [2.24, 2.45) is 7.05 Å². The van der Waals surface area contributed by atoms with Crippen molar-refractivity contribution in [1.29, 1.82) is 0 Å². The molecule has 8 heteroatoms. The summed E-state index contributed by atoms with van der Waals surface area (Å²) in [5, 5.41) is 4.23. The van der Waals surface area contributed by atoms with Crippen LogP contribution in [0.5, 0.6) is 0 Å². The van der Waals surface area contributed by atoms with Crippen molar-refractivity contribution in [3.8, 4) is 0 Å². The number of aromatic nitrogens is 2. The number of amides is 1. The van der Waals surface area contributed by atoms with Crippen molar-refractivity contribution in [3.05, 3.63) is 53.4 Å². The quantitative estimate of drug-likeness (QED) is 0.733. The van der Waals surface area contributed by atoms with Gasteiger partial charge in [0.1, 0.15) is 4.90 Å². The first kappa shape index (κ1) is 20.3. The third kappa shape index (κ3) is 4.18. The van der Waals surface area contributed by atoms with Gasteiger partial charge in [-0.1, -0.05) is 30.3 Å². The summed E-state index contributed by atoms with van der Waals surface area (Å²) in [5.74, 6) is -0.100. The van der Waals surface area contributed by atoms with Crippen molar-refractivity contribution in [1.82, 2.24) is 19.0 Å². The molecule has 1 aliphatic heterocycles. The van der Waals surface area contributed by atoms with Crippen molar-refractivity contribution in [2.45, 2.75) is 25.2 Å². The average Bonchev–Trinajstić information content (AvgIpc) is 2.84. The Labute approximate surface area is 166 Å². The van der Waals surface area contributed by atoms with Crippen molar-refractivity contribution < 1.29 is 13.2 Å². The number of rotatable bonds is 4. The lowest BCUT2D eigenvalue weighted by atomic mass is 10.2. The molecular weight excluding hydrogens is 376 g/mol. The first-order valence-electron chi connectivity index (χ1n) is 9.33. The SMILES string of the molecule is Cc1nn(C)c(C)c1S(=O)(=O)N1CCCN(C(=O)/C=C/c2ccccc2)CC1. The van der Waals surface area contributed by atoms with Gasteiger partial charge in [0.2, 0.25) is 15.9 Å². The summed E-state index contributed by atoms with van der Waals surface area (Å²) in [6.45, 7) is 5.05. The number of nitrogens with zero attached hydrogens (tertiary/aromatic N) is 4. The van der Waals surface area contributed by atoms with E-state index >= 15 is 0 Å². The van der Waals surface area contributed by atoms with E-state index in [1.807, 2.05) is 30.3 Å². The van der Waals surface area contributed by atoms with Gasteiger partial charge in [0.15, 0.2) is 0 Å². The third-order valence-corrected chi connectivity index (χ3v) is 7.18. The second kappa shape index (κ2) is 8.28. The molecule has 0 atom stereocenters. The maximum Gasteiger partial charge on any atom is 0.246 e. The number of carbonyl (C=O) groups is 1. The molecule has 0 spiro atoms. The van der Waals surface area contributed by atoms with Crippen molar-refractivity contribution in [2.75, 3.05) is 26.2 Å². The smallest absolute Gasteiger partial charge is 0.246 e. The second-order valence-electron chi connectivity index (χ2n) is 6.95. The van der Waals surface area contributed by atoms with E-state index in [2.05, 4.69) is 5.10 Å². The zero-order chi connectivity index (χ0) is 20.3. The summed E-state index contributed by atoms with van der Waals surface area (Å²) in [6.07, 6.45) is 3.93. The maximum atomic E-state index is 13.1. The van der Waals surface area contributed by atoms with Gasteiger partial charge in [-0.15, -0.1) is 0 Å². The molecule has 1 fully saturated rings. The minimum absolute atomic E-state index is 0.100.